The molecule has 0 spiro atoms. The summed E-state index contributed by atoms with van der Waals surface area (Å²) in [7, 11) is 6.05. The molecule has 0 unspecified atom stereocenters. The number of likely N-dealkylation sites (tertiary alicyclic amines) is 1. The number of aryl methyl sites for hydroxylation is 2. The molecule has 4 atom stereocenters. The van der Waals surface area contributed by atoms with Crippen LogP contribution in [0.1, 0.15) is 24.2 Å². The zero-order valence-electron chi connectivity index (χ0n) is 15.5. The number of rotatable bonds is 4. The lowest BCUT2D eigenvalue weighted by Gasteiger charge is -2.40. The van der Waals surface area contributed by atoms with E-state index in [0.29, 0.717) is 24.4 Å². The van der Waals surface area contributed by atoms with Crippen LogP contribution in [0.2, 0.25) is 0 Å². The molecule has 1 aliphatic carbocycles. The maximum absolute atomic E-state index is 12.7. The molecule has 3 rings (SSSR count). The summed E-state index contributed by atoms with van der Waals surface area (Å²) < 4.78 is 7.54. The van der Waals surface area contributed by atoms with Crippen molar-refractivity contribution in [3.8, 4) is 0 Å². The average Bonchev–Trinajstić information content (AvgIpc) is 3.08. The van der Waals surface area contributed by atoms with Gasteiger partial charge in [-0.25, -0.2) is 0 Å². The summed E-state index contributed by atoms with van der Waals surface area (Å²) in [5.41, 5.74) is 2.01. The van der Waals surface area contributed by atoms with Crippen LogP contribution in [0.15, 0.2) is 6.07 Å². The number of nitrogens with zero attached hydrogens (tertiary/aromatic N) is 4. The highest BCUT2D eigenvalue weighted by Gasteiger charge is 2.44. The molecule has 2 aliphatic rings. The van der Waals surface area contributed by atoms with Crippen LogP contribution >= 0.6 is 0 Å². The average molecular weight is 334 g/mol. The van der Waals surface area contributed by atoms with Gasteiger partial charge in [-0.2, -0.15) is 5.10 Å². The van der Waals surface area contributed by atoms with Crippen molar-refractivity contribution in [1.29, 1.82) is 0 Å². The fourth-order valence-corrected chi connectivity index (χ4v) is 4.45. The monoisotopic (exact) mass is 334 g/mol. The van der Waals surface area contributed by atoms with E-state index in [1.807, 2.05) is 36.6 Å². The van der Waals surface area contributed by atoms with Gasteiger partial charge >= 0.3 is 0 Å². The minimum Gasteiger partial charge on any atom is -0.380 e. The second-order valence-corrected chi connectivity index (χ2v) is 7.68. The Kier molecular flexibility index (Phi) is 4.97. The molecule has 0 bridgehead atoms. The van der Waals surface area contributed by atoms with Gasteiger partial charge in [0.2, 0.25) is 5.91 Å². The van der Waals surface area contributed by atoms with Gasteiger partial charge in [0.25, 0.3) is 0 Å². The van der Waals surface area contributed by atoms with Gasteiger partial charge < -0.3 is 14.5 Å². The number of fused-ring (bicyclic) bond motifs is 1. The predicted molar refractivity (Wildman–Crippen MR) is 92.8 cm³/mol. The largest absolute Gasteiger partial charge is 0.380 e. The minimum absolute atomic E-state index is 0.186. The van der Waals surface area contributed by atoms with Gasteiger partial charge in [0.15, 0.2) is 0 Å². The van der Waals surface area contributed by atoms with Crippen molar-refractivity contribution in [3.63, 3.8) is 0 Å². The van der Waals surface area contributed by atoms with Crippen molar-refractivity contribution >= 4 is 5.91 Å². The van der Waals surface area contributed by atoms with Gasteiger partial charge in [-0.15, -0.1) is 0 Å². The van der Waals surface area contributed by atoms with Crippen molar-refractivity contribution in [1.82, 2.24) is 19.6 Å². The van der Waals surface area contributed by atoms with E-state index < -0.39 is 0 Å². The lowest BCUT2D eigenvalue weighted by molar-refractivity contribution is -0.131. The second-order valence-electron chi connectivity index (χ2n) is 7.68. The third-order valence-electron chi connectivity index (χ3n) is 5.79. The van der Waals surface area contributed by atoms with E-state index in [9.17, 15) is 4.79 Å². The number of aromatic nitrogens is 2. The molecule has 1 saturated carbocycles. The maximum atomic E-state index is 12.7. The Balaban J connectivity index is 1.64. The fraction of sp³-hybridized carbons (Fsp3) is 0.778. The van der Waals surface area contributed by atoms with E-state index in [1.54, 1.807) is 0 Å². The van der Waals surface area contributed by atoms with Gasteiger partial charge in [-0.05, 0) is 58.7 Å². The molecular formula is C18H30N4O2. The SMILES string of the molecule is CO[C@@H]1C[C@H]2CN(C(=O)Cn3nc(C)cc3C)C[C@H]2C[C@H]1N(C)C. The minimum atomic E-state index is 0.186. The van der Waals surface area contributed by atoms with Gasteiger partial charge in [0.05, 0.1) is 11.8 Å². The van der Waals surface area contributed by atoms with Crippen molar-refractivity contribution in [3.05, 3.63) is 17.5 Å². The molecule has 24 heavy (non-hydrogen) atoms. The Morgan fingerprint density at radius 3 is 2.50 bits per heavy atom. The highest BCUT2D eigenvalue weighted by molar-refractivity contribution is 5.76. The Morgan fingerprint density at radius 2 is 1.96 bits per heavy atom. The van der Waals surface area contributed by atoms with Gasteiger partial charge in [-0.1, -0.05) is 0 Å². The maximum Gasteiger partial charge on any atom is 0.244 e. The molecule has 1 aliphatic heterocycles. The molecule has 6 heteroatoms. The number of carbonyl (C=O) groups is 1. The van der Waals surface area contributed by atoms with Crippen LogP contribution in [0.4, 0.5) is 0 Å². The highest BCUT2D eigenvalue weighted by atomic mass is 16.5. The summed E-state index contributed by atoms with van der Waals surface area (Å²) in [5.74, 6) is 1.34. The van der Waals surface area contributed by atoms with Crippen LogP contribution in [0.25, 0.3) is 0 Å². The van der Waals surface area contributed by atoms with Crippen LogP contribution in [-0.2, 0) is 16.1 Å². The van der Waals surface area contributed by atoms with Crippen LogP contribution < -0.4 is 0 Å². The van der Waals surface area contributed by atoms with E-state index in [1.165, 1.54) is 0 Å². The van der Waals surface area contributed by atoms with Crippen molar-refractivity contribution in [2.45, 2.75) is 45.4 Å². The molecule has 2 fully saturated rings. The molecule has 2 heterocycles. The number of likely N-dealkylation sites (N-methyl/N-ethyl adjacent to an activating group) is 1. The van der Waals surface area contributed by atoms with Crippen molar-refractivity contribution in [2.75, 3.05) is 34.3 Å². The zero-order valence-corrected chi connectivity index (χ0v) is 15.5. The van der Waals surface area contributed by atoms with E-state index >= 15 is 0 Å². The predicted octanol–water partition coefficient (Wildman–Crippen LogP) is 1.31. The van der Waals surface area contributed by atoms with Crippen molar-refractivity contribution < 1.29 is 9.53 Å². The topological polar surface area (TPSA) is 50.6 Å². The van der Waals surface area contributed by atoms with E-state index in [0.717, 1.165) is 37.3 Å². The number of carbonyl (C=O) groups excluding carboxylic acids is 1. The summed E-state index contributed by atoms with van der Waals surface area (Å²) in [4.78, 5) is 17.0. The third-order valence-corrected chi connectivity index (χ3v) is 5.79. The standard InChI is InChI=1S/C18H30N4O2/c1-12-6-13(2)22(19-12)11-18(23)21-9-14-7-16(20(3)4)17(24-5)8-15(14)10-21/h6,14-17H,7-11H2,1-5H3/t14-,15+,16-,17-/m1/s1. The number of hydrogen-bond donors (Lipinski definition) is 0. The summed E-state index contributed by atoms with van der Waals surface area (Å²) in [6.07, 6.45) is 2.43. The molecular weight excluding hydrogens is 304 g/mol. The molecule has 0 radical (unpaired) electrons. The summed E-state index contributed by atoms with van der Waals surface area (Å²) in [5, 5.41) is 4.42. The number of amides is 1. The second kappa shape index (κ2) is 6.84. The molecule has 0 N–H and O–H groups in total. The van der Waals surface area contributed by atoms with Gasteiger partial charge in [-0.3, -0.25) is 9.48 Å². The summed E-state index contributed by atoms with van der Waals surface area (Å²) >= 11 is 0. The van der Waals surface area contributed by atoms with Crippen LogP contribution in [0.5, 0.6) is 0 Å². The summed E-state index contributed by atoms with van der Waals surface area (Å²) in [6, 6.07) is 2.46. The van der Waals surface area contributed by atoms with Crippen LogP contribution in [0.3, 0.4) is 0 Å². The molecule has 134 valence electrons. The van der Waals surface area contributed by atoms with Gasteiger partial charge in [0, 0.05) is 31.9 Å². The Labute approximate surface area is 144 Å². The Bertz CT molecular complexity index is 598. The van der Waals surface area contributed by atoms with Gasteiger partial charge in [0.1, 0.15) is 6.54 Å². The smallest absolute Gasteiger partial charge is 0.244 e. The number of ether oxygens (including phenoxy) is 1. The normalized spacial score (nSPS) is 30.0. The lowest BCUT2D eigenvalue weighted by atomic mass is 9.77. The molecule has 6 nitrogen and oxygen atoms in total. The number of hydrogen-bond acceptors (Lipinski definition) is 4. The first-order chi connectivity index (χ1) is 11.4. The zero-order chi connectivity index (χ0) is 17.4. The number of methoxy groups -OCH3 is 1. The lowest BCUT2D eigenvalue weighted by Crippen LogP contribution is -2.47. The van der Waals surface area contributed by atoms with E-state index in [2.05, 4.69) is 24.1 Å². The molecule has 1 aromatic heterocycles. The fourth-order valence-electron chi connectivity index (χ4n) is 4.45. The quantitative estimate of drug-likeness (QED) is 0.833. The Hall–Kier alpha value is -1.40. The summed E-state index contributed by atoms with van der Waals surface area (Å²) in [6.45, 7) is 6.06. The molecule has 1 aromatic rings. The molecule has 0 aromatic carbocycles. The molecule has 1 amide bonds. The van der Waals surface area contributed by atoms with E-state index in [4.69, 9.17) is 4.74 Å². The van der Waals surface area contributed by atoms with E-state index in [-0.39, 0.29) is 12.0 Å². The first-order valence-corrected chi connectivity index (χ1v) is 8.87. The van der Waals surface area contributed by atoms with Crippen LogP contribution in [0, 0.1) is 25.7 Å². The van der Waals surface area contributed by atoms with Crippen molar-refractivity contribution in [2.24, 2.45) is 11.8 Å². The first kappa shape index (κ1) is 17.4. The molecule has 1 saturated heterocycles. The third kappa shape index (κ3) is 3.35. The first-order valence-electron chi connectivity index (χ1n) is 8.87. The highest BCUT2D eigenvalue weighted by Crippen LogP contribution is 2.38. The Morgan fingerprint density at radius 1 is 1.29 bits per heavy atom. The van der Waals surface area contributed by atoms with Crippen LogP contribution in [-0.4, -0.2) is 71.9 Å².